The summed E-state index contributed by atoms with van der Waals surface area (Å²) in [5.41, 5.74) is 0. The van der Waals surface area contributed by atoms with Crippen LogP contribution in [0, 0.1) is 46.8 Å². The maximum Gasteiger partial charge on any atom is 0.152 e. The van der Waals surface area contributed by atoms with Crippen LogP contribution in [-0.2, 0) is 0 Å². The van der Waals surface area contributed by atoms with E-state index in [-0.39, 0.29) is 0 Å². The first-order valence-corrected chi connectivity index (χ1v) is 9.89. The second-order valence-corrected chi connectivity index (χ2v) is 7.69. The molecule has 1 heteroatoms. The van der Waals surface area contributed by atoms with Crippen LogP contribution in [-0.4, -0.2) is 0 Å². The fraction of sp³-hybridized carbons (Fsp3) is 0.773. The van der Waals surface area contributed by atoms with E-state index in [4.69, 9.17) is 5.26 Å². The minimum Gasteiger partial charge on any atom is -0.183 e. The summed E-state index contributed by atoms with van der Waals surface area (Å²) < 4.78 is 0. The van der Waals surface area contributed by atoms with Gasteiger partial charge in [0.05, 0.1) is 0 Å². The summed E-state index contributed by atoms with van der Waals surface area (Å²) in [6.45, 7) is 2.30. The smallest absolute Gasteiger partial charge is 0.152 e. The van der Waals surface area contributed by atoms with Crippen LogP contribution in [0.3, 0.4) is 0 Å². The minimum atomic E-state index is 0.699. The van der Waals surface area contributed by atoms with Gasteiger partial charge in [-0.1, -0.05) is 57.4 Å². The first kappa shape index (κ1) is 18.1. The molecular formula is C22H33N. The molecule has 2 saturated carbocycles. The van der Waals surface area contributed by atoms with Crippen molar-refractivity contribution in [2.75, 3.05) is 0 Å². The van der Waals surface area contributed by atoms with Crippen LogP contribution in [0.2, 0.25) is 0 Å². The van der Waals surface area contributed by atoms with Crippen molar-refractivity contribution < 1.29 is 0 Å². The summed E-state index contributed by atoms with van der Waals surface area (Å²) in [7, 11) is 0. The number of allylic oxidation sites excluding steroid dienone is 2. The Morgan fingerprint density at radius 2 is 1.57 bits per heavy atom. The van der Waals surface area contributed by atoms with Crippen molar-refractivity contribution in [1.82, 2.24) is 0 Å². The van der Waals surface area contributed by atoms with Gasteiger partial charge in [-0.3, -0.25) is 0 Å². The van der Waals surface area contributed by atoms with E-state index < -0.39 is 0 Å². The Hall–Kier alpha value is -1.21. The van der Waals surface area contributed by atoms with E-state index in [9.17, 15) is 0 Å². The van der Waals surface area contributed by atoms with E-state index in [2.05, 4.69) is 24.8 Å². The lowest BCUT2D eigenvalue weighted by atomic mass is 9.68. The van der Waals surface area contributed by atoms with Gasteiger partial charge < -0.3 is 0 Å². The van der Waals surface area contributed by atoms with Crippen LogP contribution in [0.4, 0.5) is 0 Å². The Balaban J connectivity index is 1.65. The third-order valence-electron chi connectivity index (χ3n) is 6.17. The molecular weight excluding hydrogens is 278 g/mol. The van der Waals surface area contributed by atoms with Gasteiger partial charge in [0.15, 0.2) is 6.07 Å². The molecule has 2 aliphatic carbocycles. The molecule has 1 nitrogen and oxygen atoms in total. The molecule has 0 saturated heterocycles. The Morgan fingerprint density at radius 1 is 0.913 bits per heavy atom. The van der Waals surface area contributed by atoms with Crippen LogP contribution >= 0.6 is 0 Å². The van der Waals surface area contributed by atoms with Gasteiger partial charge in [0.2, 0.25) is 0 Å². The molecule has 0 aromatic carbocycles. The molecule has 23 heavy (non-hydrogen) atoms. The van der Waals surface area contributed by atoms with Crippen molar-refractivity contribution >= 4 is 0 Å². The van der Waals surface area contributed by atoms with Crippen molar-refractivity contribution in [3.63, 3.8) is 0 Å². The summed E-state index contributed by atoms with van der Waals surface area (Å²) in [5, 5.41) is 8.40. The Labute approximate surface area is 143 Å². The minimum absolute atomic E-state index is 0.699. The van der Waals surface area contributed by atoms with Crippen LogP contribution in [0.15, 0.2) is 12.2 Å². The van der Waals surface area contributed by atoms with Crippen molar-refractivity contribution in [3.05, 3.63) is 12.2 Å². The fourth-order valence-electron chi connectivity index (χ4n) is 4.70. The van der Waals surface area contributed by atoms with Gasteiger partial charge in [-0.25, -0.2) is 0 Å². The van der Waals surface area contributed by atoms with E-state index in [1.807, 2.05) is 12.1 Å². The van der Waals surface area contributed by atoms with E-state index in [0.29, 0.717) is 5.92 Å². The zero-order valence-electron chi connectivity index (χ0n) is 14.9. The molecule has 0 bridgehead atoms. The first-order chi connectivity index (χ1) is 11.3. The molecule has 0 aromatic rings. The predicted molar refractivity (Wildman–Crippen MR) is 97.6 cm³/mol. The zero-order valence-corrected chi connectivity index (χ0v) is 14.9. The molecule has 0 aliphatic heterocycles. The van der Waals surface area contributed by atoms with Crippen molar-refractivity contribution in [2.45, 2.75) is 84.0 Å². The fourth-order valence-corrected chi connectivity index (χ4v) is 4.70. The lowest BCUT2D eigenvalue weighted by Crippen LogP contribution is -2.25. The summed E-state index contributed by atoms with van der Waals surface area (Å²) in [6.07, 6.45) is 21.3. The molecule has 0 unspecified atom stereocenters. The summed E-state index contributed by atoms with van der Waals surface area (Å²) >= 11 is 0. The molecule has 2 rings (SSSR count). The summed E-state index contributed by atoms with van der Waals surface area (Å²) in [4.78, 5) is 0. The average Bonchev–Trinajstić information content (AvgIpc) is 2.60. The SMILES string of the molecule is CCCCCC1CCC(C2CCC(/C=C/C#CC#N)CC2)CC1. The maximum absolute atomic E-state index is 8.40. The van der Waals surface area contributed by atoms with Crippen LogP contribution in [0.5, 0.6) is 0 Å². The lowest BCUT2D eigenvalue weighted by molar-refractivity contribution is 0.151. The summed E-state index contributed by atoms with van der Waals surface area (Å²) in [5.74, 6) is 8.97. The van der Waals surface area contributed by atoms with E-state index in [1.54, 1.807) is 0 Å². The Morgan fingerprint density at radius 3 is 2.17 bits per heavy atom. The van der Waals surface area contributed by atoms with Crippen molar-refractivity contribution in [3.8, 4) is 17.9 Å². The van der Waals surface area contributed by atoms with E-state index >= 15 is 0 Å². The zero-order chi connectivity index (χ0) is 16.3. The molecule has 0 atom stereocenters. The van der Waals surface area contributed by atoms with Gasteiger partial charge in [0, 0.05) is 5.92 Å². The third kappa shape index (κ3) is 6.43. The standard InChI is InChI=1S/C22H33N/c1-2-3-5-8-19-10-14-21(15-11-19)22-16-12-20(13-17-22)9-6-4-7-18-23/h6,9,19-22H,2-3,5,8,10-17H2,1H3/b9-6+. The molecule has 0 spiro atoms. The van der Waals surface area contributed by atoms with Gasteiger partial charge in [-0.2, -0.15) is 5.26 Å². The monoisotopic (exact) mass is 311 g/mol. The highest BCUT2D eigenvalue weighted by Gasteiger charge is 2.30. The molecule has 2 fully saturated rings. The highest BCUT2D eigenvalue weighted by atomic mass is 14.4. The first-order valence-electron chi connectivity index (χ1n) is 9.89. The number of rotatable bonds is 6. The highest BCUT2D eigenvalue weighted by molar-refractivity contribution is 5.25. The third-order valence-corrected chi connectivity index (χ3v) is 6.17. The normalized spacial score (nSPS) is 31.3. The average molecular weight is 312 g/mol. The Kier molecular flexibility index (Phi) is 8.31. The Bertz CT molecular complexity index is 443. The number of hydrogen-bond donors (Lipinski definition) is 0. The lowest BCUT2D eigenvalue weighted by Gasteiger charge is -2.37. The quantitative estimate of drug-likeness (QED) is 0.419. The molecule has 0 radical (unpaired) electrons. The number of nitrogens with zero attached hydrogens (tertiary/aromatic N) is 1. The van der Waals surface area contributed by atoms with E-state index in [0.717, 1.165) is 17.8 Å². The molecule has 0 aromatic heterocycles. The van der Waals surface area contributed by atoms with Crippen molar-refractivity contribution in [1.29, 1.82) is 5.26 Å². The molecule has 0 amide bonds. The second-order valence-electron chi connectivity index (χ2n) is 7.69. The highest BCUT2D eigenvalue weighted by Crippen LogP contribution is 2.42. The topological polar surface area (TPSA) is 23.8 Å². The molecule has 126 valence electrons. The second kappa shape index (κ2) is 10.5. The van der Waals surface area contributed by atoms with Gasteiger partial charge in [-0.15, -0.1) is 0 Å². The maximum atomic E-state index is 8.40. The molecule has 2 aliphatic rings. The van der Waals surface area contributed by atoms with Crippen LogP contribution in [0.25, 0.3) is 0 Å². The molecule has 0 heterocycles. The number of unbranched alkanes of at least 4 members (excludes halogenated alkanes) is 2. The largest absolute Gasteiger partial charge is 0.183 e. The van der Waals surface area contributed by atoms with Gasteiger partial charge in [0.25, 0.3) is 0 Å². The van der Waals surface area contributed by atoms with Gasteiger partial charge >= 0.3 is 0 Å². The molecule has 0 N–H and O–H groups in total. The predicted octanol–water partition coefficient (Wildman–Crippen LogP) is 6.26. The van der Waals surface area contributed by atoms with E-state index in [1.165, 1.54) is 77.0 Å². The van der Waals surface area contributed by atoms with Crippen LogP contribution in [0.1, 0.15) is 84.0 Å². The van der Waals surface area contributed by atoms with Gasteiger partial charge in [-0.05, 0) is 68.3 Å². The van der Waals surface area contributed by atoms with Crippen molar-refractivity contribution in [2.24, 2.45) is 23.7 Å². The number of nitriles is 1. The summed E-state index contributed by atoms with van der Waals surface area (Å²) in [6, 6.07) is 1.86. The number of hydrogen-bond acceptors (Lipinski definition) is 1. The van der Waals surface area contributed by atoms with Crippen LogP contribution < -0.4 is 0 Å². The van der Waals surface area contributed by atoms with Gasteiger partial charge in [0.1, 0.15) is 0 Å².